The fourth-order valence-corrected chi connectivity index (χ4v) is 3.38. The third kappa shape index (κ3) is 2.13. The third-order valence-corrected chi connectivity index (χ3v) is 4.28. The van der Waals surface area contributed by atoms with Crippen molar-refractivity contribution in [2.24, 2.45) is 7.05 Å². The Morgan fingerprint density at radius 3 is 2.89 bits per heavy atom. The number of aromatic nitrogens is 3. The molecule has 1 atom stereocenters. The van der Waals surface area contributed by atoms with Gasteiger partial charge in [0.05, 0.1) is 17.9 Å². The molecule has 0 aliphatic rings. The maximum Gasteiger partial charge on any atom is 0.124 e. The molecule has 1 unspecified atom stereocenters. The fourth-order valence-electron chi connectivity index (χ4n) is 2.16. The van der Waals surface area contributed by atoms with Crippen molar-refractivity contribution in [2.75, 3.05) is 7.05 Å². The topological polar surface area (TPSA) is 42.7 Å². The van der Waals surface area contributed by atoms with E-state index in [4.69, 9.17) is 0 Å². The van der Waals surface area contributed by atoms with E-state index in [2.05, 4.69) is 21.7 Å². The summed E-state index contributed by atoms with van der Waals surface area (Å²) in [7, 11) is 3.75. The van der Waals surface area contributed by atoms with Gasteiger partial charge in [0.2, 0.25) is 0 Å². The summed E-state index contributed by atoms with van der Waals surface area (Å²) in [4.78, 5) is 1.12. The van der Waals surface area contributed by atoms with Crippen molar-refractivity contribution in [2.45, 2.75) is 6.04 Å². The molecular formula is C13H13FN4S. The average Bonchev–Trinajstić information content (AvgIpc) is 2.97. The van der Waals surface area contributed by atoms with Crippen molar-refractivity contribution in [1.29, 1.82) is 0 Å². The third-order valence-electron chi connectivity index (χ3n) is 3.12. The van der Waals surface area contributed by atoms with Gasteiger partial charge in [-0.3, -0.25) is 4.68 Å². The van der Waals surface area contributed by atoms with Crippen LogP contribution in [-0.2, 0) is 7.05 Å². The highest BCUT2D eigenvalue weighted by molar-refractivity contribution is 7.19. The molecule has 0 spiro atoms. The maximum atomic E-state index is 13.2. The van der Waals surface area contributed by atoms with Crippen LogP contribution in [-0.4, -0.2) is 22.0 Å². The van der Waals surface area contributed by atoms with Gasteiger partial charge in [0.25, 0.3) is 0 Å². The van der Waals surface area contributed by atoms with Crippen LogP contribution in [0.3, 0.4) is 0 Å². The van der Waals surface area contributed by atoms with Gasteiger partial charge < -0.3 is 5.32 Å². The lowest BCUT2D eigenvalue weighted by Gasteiger charge is -2.13. The second-order valence-corrected chi connectivity index (χ2v) is 5.45. The van der Waals surface area contributed by atoms with E-state index < -0.39 is 0 Å². The van der Waals surface area contributed by atoms with E-state index in [9.17, 15) is 4.39 Å². The second kappa shape index (κ2) is 4.71. The van der Waals surface area contributed by atoms with E-state index in [-0.39, 0.29) is 11.9 Å². The molecule has 2 heterocycles. The van der Waals surface area contributed by atoms with Crippen molar-refractivity contribution in [3.63, 3.8) is 0 Å². The number of fused-ring (bicyclic) bond motifs is 1. The summed E-state index contributed by atoms with van der Waals surface area (Å²) < 4.78 is 15.9. The predicted octanol–water partition coefficient (Wildman–Crippen LogP) is 2.48. The van der Waals surface area contributed by atoms with Crippen molar-refractivity contribution >= 4 is 21.4 Å². The van der Waals surface area contributed by atoms with Crippen LogP contribution in [0.15, 0.2) is 30.5 Å². The summed E-state index contributed by atoms with van der Waals surface area (Å²) in [5.41, 5.74) is 0.981. The lowest BCUT2D eigenvalue weighted by atomic mass is 10.1. The standard InChI is InChI=1S/C13H13FN4S/c1-15-13(10-7-16-17-18(10)2)12-5-8-3-4-9(14)6-11(8)19-12/h3-7,13,15H,1-2H3. The van der Waals surface area contributed by atoms with Gasteiger partial charge in [0.1, 0.15) is 5.82 Å². The minimum Gasteiger partial charge on any atom is -0.307 e. The summed E-state index contributed by atoms with van der Waals surface area (Å²) in [6.45, 7) is 0. The minimum absolute atomic E-state index is 0.0143. The molecule has 98 valence electrons. The molecule has 1 N–H and O–H groups in total. The first-order chi connectivity index (χ1) is 9.19. The first kappa shape index (κ1) is 12.3. The van der Waals surface area contributed by atoms with Gasteiger partial charge in [0.15, 0.2) is 0 Å². The fraction of sp³-hybridized carbons (Fsp3) is 0.231. The Morgan fingerprint density at radius 1 is 1.37 bits per heavy atom. The SMILES string of the molecule is CNC(c1cc2ccc(F)cc2s1)c1cnnn1C. The summed E-state index contributed by atoms with van der Waals surface area (Å²) in [6.07, 6.45) is 1.74. The van der Waals surface area contributed by atoms with Crippen molar-refractivity contribution < 1.29 is 4.39 Å². The Bertz CT molecular complexity index is 718. The molecule has 0 saturated carbocycles. The molecule has 0 fully saturated rings. The summed E-state index contributed by atoms with van der Waals surface area (Å²) >= 11 is 1.58. The van der Waals surface area contributed by atoms with Crippen molar-refractivity contribution in [3.05, 3.63) is 46.9 Å². The molecule has 2 aromatic heterocycles. The van der Waals surface area contributed by atoms with Gasteiger partial charge in [-0.2, -0.15) is 0 Å². The smallest absolute Gasteiger partial charge is 0.124 e. The molecule has 0 bridgehead atoms. The monoisotopic (exact) mass is 276 g/mol. The molecule has 6 heteroatoms. The van der Waals surface area contributed by atoms with E-state index in [1.165, 1.54) is 6.07 Å². The van der Waals surface area contributed by atoms with Crippen LogP contribution in [0, 0.1) is 5.82 Å². The average molecular weight is 276 g/mol. The van der Waals surface area contributed by atoms with Crippen LogP contribution in [0.5, 0.6) is 0 Å². The van der Waals surface area contributed by atoms with Gasteiger partial charge in [-0.15, -0.1) is 16.4 Å². The van der Waals surface area contributed by atoms with Gasteiger partial charge >= 0.3 is 0 Å². The Hall–Kier alpha value is -1.79. The van der Waals surface area contributed by atoms with E-state index in [1.807, 2.05) is 14.1 Å². The summed E-state index contributed by atoms with van der Waals surface area (Å²) in [5, 5.41) is 12.2. The molecule has 4 nitrogen and oxygen atoms in total. The summed E-state index contributed by atoms with van der Waals surface area (Å²) in [5.74, 6) is -0.205. The van der Waals surface area contributed by atoms with Gasteiger partial charge in [-0.1, -0.05) is 11.3 Å². The largest absolute Gasteiger partial charge is 0.307 e. The second-order valence-electron chi connectivity index (χ2n) is 4.34. The number of rotatable bonds is 3. The van der Waals surface area contributed by atoms with E-state index in [0.29, 0.717) is 0 Å². The number of nitrogens with one attached hydrogen (secondary N) is 1. The van der Waals surface area contributed by atoms with Gasteiger partial charge in [-0.05, 0) is 30.6 Å². The minimum atomic E-state index is -0.205. The van der Waals surface area contributed by atoms with E-state index in [1.54, 1.807) is 34.3 Å². The molecule has 0 saturated heterocycles. The van der Waals surface area contributed by atoms with Crippen LogP contribution in [0.1, 0.15) is 16.6 Å². The van der Waals surface area contributed by atoms with Gasteiger partial charge in [-0.25, -0.2) is 4.39 Å². The molecule has 3 rings (SSSR count). The number of hydrogen-bond acceptors (Lipinski definition) is 4. The van der Waals surface area contributed by atoms with Crippen molar-refractivity contribution in [3.8, 4) is 0 Å². The Morgan fingerprint density at radius 2 is 2.21 bits per heavy atom. The summed E-state index contributed by atoms with van der Waals surface area (Å²) in [6, 6.07) is 6.95. The Balaban J connectivity index is 2.09. The van der Waals surface area contributed by atoms with Crippen molar-refractivity contribution in [1.82, 2.24) is 20.3 Å². The highest BCUT2D eigenvalue weighted by Crippen LogP contribution is 2.32. The number of nitrogens with zero attached hydrogens (tertiary/aromatic N) is 3. The van der Waals surface area contributed by atoms with Crippen LogP contribution in [0.25, 0.3) is 10.1 Å². The van der Waals surface area contributed by atoms with Gasteiger partial charge in [0, 0.05) is 16.6 Å². The highest BCUT2D eigenvalue weighted by atomic mass is 32.1. The first-order valence-electron chi connectivity index (χ1n) is 5.90. The molecule has 0 aliphatic carbocycles. The number of aryl methyl sites for hydroxylation is 1. The molecular weight excluding hydrogens is 263 g/mol. The highest BCUT2D eigenvalue weighted by Gasteiger charge is 2.18. The van der Waals surface area contributed by atoms with E-state index >= 15 is 0 Å². The van der Waals surface area contributed by atoms with E-state index in [0.717, 1.165) is 20.7 Å². The number of hydrogen-bond donors (Lipinski definition) is 1. The molecule has 0 radical (unpaired) electrons. The van der Waals surface area contributed by atoms with Crippen LogP contribution >= 0.6 is 11.3 Å². The number of thiophene rings is 1. The zero-order valence-electron chi connectivity index (χ0n) is 10.6. The van der Waals surface area contributed by atoms with Crippen LogP contribution < -0.4 is 5.32 Å². The number of benzene rings is 1. The molecule has 0 aliphatic heterocycles. The maximum absolute atomic E-state index is 13.2. The molecule has 0 amide bonds. The van der Waals surface area contributed by atoms with Crippen LogP contribution in [0.4, 0.5) is 4.39 Å². The quantitative estimate of drug-likeness (QED) is 0.799. The van der Waals surface area contributed by atoms with Crippen LogP contribution in [0.2, 0.25) is 0 Å². The number of halogens is 1. The lowest BCUT2D eigenvalue weighted by molar-refractivity contribution is 0.604. The Labute approximate surface area is 113 Å². The molecule has 3 aromatic rings. The zero-order chi connectivity index (χ0) is 13.4. The Kier molecular flexibility index (Phi) is 3.04. The zero-order valence-corrected chi connectivity index (χ0v) is 11.4. The normalized spacial score (nSPS) is 13.0. The molecule has 1 aromatic carbocycles. The molecule has 19 heavy (non-hydrogen) atoms. The predicted molar refractivity (Wildman–Crippen MR) is 73.7 cm³/mol. The lowest BCUT2D eigenvalue weighted by Crippen LogP contribution is -2.19. The first-order valence-corrected chi connectivity index (χ1v) is 6.71.